The van der Waals surface area contributed by atoms with Crippen LogP contribution >= 0.6 is 0 Å². The van der Waals surface area contributed by atoms with Gasteiger partial charge >= 0.3 is 0 Å². The van der Waals surface area contributed by atoms with E-state index in [2.05, 4.69) is 34.8 Å². The fourth-order valence-corrected chi connectivity index (χ4v) is 4.20. The first-order valence-corrected chi connectivity index (χ1v) is 9.19. The minimum atomic E-state index is 0.188. The van der Waals surface area contributed by atoms with Crippen LogP contribution in [0.15, 0.2) is 30.6 Å². The molecule has 2 heterocycles. The SMILES string of the molecule is CCc1nccn1C1CCCN(C(=O)c2ccc3c(c2)CCC3)C1. The number of imidazole rings is 1. The number of amides is 1. The summed E-state index contributed by atoms with van der Waals surface area (Å²) in [5, 5.41) is 0. The molecule has 0 saturated carbocycles. The van der Waals surface area contributed by atoms with Crippen LogP contribution in [0.5, 0.6) is 0 Å². The van der Waals surface area contributed by atoms with Gasteiger partial charge in [-0.1, -0.05) is 13.0 Å². The monoisotopic (exact) mass is 323 g/mol. The van der Waals surface area contributed by atoms with E-state index in [1.165, 1.54) is 17.5 Å². The van der Waals surface area contributed by atoms with Gasteiger partial charge in [-0.2, -0.15) is 0 Å². The van der Waals surface area contributed by atoms with Crippen molar-refractivity contribution >= 4 is 5.91 Å². The van der Waals surface area contributed by atoms with Crippen molar-refractivity contribution in [2.24, 2.45) is 0 Å². The van der Waals surface area contributed by atoms with E-state index in [-0.39, 0.29) is 5.91 Å². The highest BCUT2D eigenvalue weighted by atomic mass is 16.2. The molecule has 1 atom stereocenters. The zero-order chi connectivity index (χ0) is 16.5. The molecule has 1 fully saturated rings. The summed E-state index contributed by atoms with van der Waals surface area (Å²) in [4.78, 5) is 19.4. The van der Waals surface area contributed by atoms with Gasteiger partial charge in [0.1, 0.15) is 5.82 Å². The molecule has 1 saturated heterocycles. The Morgan fingerprint density at radius 1 is 1.25 bits per heavy atom. The standard InChI is InChI=1S/C20H25N3O/c1-2-19-21-10-12-23(19)18-7-4-11-22(14-18)20(24)17-9-8-15-5-3-6-16(15)13-17/h8-10,12-13,18H,2-7,11,14H2,1H3. The molecule has 126 valence electrons. The summed E-state index contributed by atoms with van der Waals surface area (Å²) in [7, 11) is 0. The van der Waals surface area contributed by atoms with Crippen molar-refractivity contribution in [3.63, 3.8) is 0 Å². The lowest BCUT2D eigenvalue weighted by molar-refractivity contribution is 0.0678. The Hall–Kier alpha value is -2.10. The molecule has 1 aromatic carbocycles. The van der Waals surface area contributed by atoms with Crippen molar-refractivity contribution in [3.8, 4) is 0 Å². The molecule has 24 heavy (non-hydrogen) atoms. The van der Waals surface area contributed by atoms with E-state index in [1.54, 1.807) is 0 Å². The summed E-state index contributed by atoms with van der Waals surface area (Å²) in [5.41, 5.74) is 3.66. The molecule has 2 aromatic rings. The lowest BCUT2D eigenvalue weighted by Crippen LogP contribution is -2.41. The fourth-order valence-electron chi connectivity index (χ4n) is 4.20. The van der Waals surface area contributed by atoms with Crippen LogP contribution in [0.2, 0.25) is 0 Å². The van der Waals surface area contributed by atoms with E-state index < -0.39 is 0 Å². The number of aryl methyl sites for hydroxylation is 3. The lowest BCUT2D eigenvalue weighted by Gasteiger charge is -2.34. The summed E-state index contributed by atoms with van der Waals surface area (Å²) < 4.78 is 2.27. The van der Waals surface area contributed by atoms with Crippen molar-refractivity contribution in [1.82, 2.24) is 14.5 Å². The van der Waals surface area contributed by atoms with Gasteiger partial charge in [0.2, 0.25) is 0 Å². The summed E-state index contributed by atoms with van der Waals surface area (Å²) >= 11 is 0. The third-order valence-corrected chi connectivity index (χ3v) is 5.49. The molecule has 0 N–H and O–H groups in total. The molecule has 0 spiro atoms. The maximum absolute atomic E-state index is 13.0. The molecule has 2 aliphatic rings. The Kier molecular flexibility index (Phi) is 4.13. The second kappa shape index (κ2) is 6.42. The first-order valence-electron chi connectivity index (χ1n) is 9.19. The van der Waals surface area contributed by atoms with Gasteiger partial charge in [-0.15, -0.1) is 0 Å². The zero-order valence-corrected chi connectivity index (χ0v) is 14.4. The maximum atomic E-state index is 13.0. The Morgan fingerprint density at radius 2 is 2.12 bits per heavy atom. The largest absolute Gasteiger partial charge is 0.337 e. The van der Waals surface area contributed by atoms with Crippen LogP contribution in [0.4, 0.5) is 0 Å². The smallest absolute Gasteiger partial charge is 0.253 e. The zero-order valence-electron chi connectivity index (χ0n) is 14.4. The van der Waals surface area contributed by atoms with Crippen molar-refractivity contribution < 1.29 is 4.79 Å². The Morgan fingerprint density at radius 3 is 3.00 bits per heavy atom. The summed E-state index contributed by atoms with van der Waals surface area (Å²) in [6, 6.07) is 6.66. The third-order valence-electron chi connectivity index (χ3n) is 5.49. The van der Waals surface area contributed by atoms with Crippen molar-refractivity contribution in [3.05, 3.63) is 53.1 Å². The topological polar surface area (TPSA) is 38.1 Å². The van der Waals surface area contributed by atoms with Crippen LogP contribution in [0.3, 0.4) is 0 Å². The highest BCUT2D eigenvalue weighted by molar-refractivity contribution is 5.94. The van der Waals surface area contributed by atoms with Gasteiger partial charge in [0, 0.05) is 37.5 Å². The predicted octanol–water partition coefficient (Wildman–Crippen LogP) is 3.41. The number of nitrogens with zero attached hydrogens (tertiary/aromatic N) is 3. The second-order valence-corrected chi connectivity index (χ2v) is 6.99. The number of carbonyl (C=O) groups excluding carboxylic acids is 1. The normalized spacial score (nSPS) is 20.2. The number of hydrogen-bond acceptors (Lipinski definition) is 2. The van der Waals surface area contributed by atoms with Crippen LogP contribution in [0.1, 0.15) is 59.5 Å². The fraction of sp³-hybridized carbons (Fsp3) is 0.500. The number of piperidine rings is 1. The van der Waals surface area contributed by atoms with Crippen LogP contribution in [-0.4, -0.2) is 33.4 Å². The molecule has 4 nitrogen and oxygen atoms in total. The van der Waals surface area contributed by atoms with Crippen LogP contribution < -0.4 is 0 Å². The van der Waals surface area contributed by atoms with Crippen LogP contribution in [-0.2, 0) is 19.3 Å². The minimum Gasteiger partial charge on any atom is -0.337 e. The molecule has 4 rings (SSSR count). The second-order valence-electron chi connectivity index (χ2n) is 6.99. The van der Waals surface area contributed by atoms with Gasteiger partial charge in [-0.05, 0) is 55.4 Å². The summed E-state index contributed by atoms with van der Waals surface area (Å²) in [6.07, 6.45) is 10.6. The van der Waals surface area contributed by atoms with Gasteiger partial charge in [-0.3, -0.25) is 4.79 Å². The van der Waals surface area contributed by atoms with E-state index in [0.29, 0.717) is 6.04 Å². The number of fused-ring (bicyclic) bond motifs is 1. The molecule has 1 amide bonds. The van der Waals surface area contributed by atoms with Gasteiger partial charge in [0.15, 0.2) is 0 Å². The van der Waals surface area contributed by atoms with E-state index in [1.807, 2.05) is 17.2 Å². The van der Waals surface area contributed by atoms with Crippen LogP contribution in [0.25, 0.3) is 0 Å². The van der Waals surface area contributed by atoms with Crippen molar-refractivity contribution in [2.75, 3.05) is 13.1 Å². The van der Waals surface area contributed by atoms with Crippen molar-refractivity contribution in [1.29, 1.82) is 0 Å². The van der Waals surface area contributed by atoms with E-state index >= 15 is 0 Å². The van der Waals surface area contributed by atoms with Gasteiger partial charge < -0.3 is 9.47 Å². The van der Waals surface area contributed by atoms with E-state index in [4.69, 9.17) is 0 Å². The van der Waals surface area contributed by atoms with Crippen molar-refractivity contribution in [2.45, 2.75) is 51.5 Å². The number of hydrogen-bond donors (Lipinski definition) is 0. The average Bonchev–Trinajstić information content (AvgIpc) is 3.29. The highest BCUT2D eigenvalue weighted by Gasteiger charge is 2.27. The van der Waals surface area contributed by atoms with E-state index in [9.17, 15) is 4.79 Å². The molecule has 4 heteroatoms. The molecular weight excluding hydrogens is 298 g/mol. The first-order chi connectivity index (χ1) is 11.8. The number of likely N-dealkylation sites (tertiary alicyclic amines) is 1. The predicted molar refractivity (Wildman–Crippen MR) is 94.2 cm³/mol. The highest BCUT2D eigenvalue weighted by Crippen LogP contribution is 2.26. The number of carbonyl (C=O) groups is 1. The Bertz CT molecular complexity index is 749. The Balaban J connectivity index is 1.52. The molecule has 0 radical (unpaired) electrons. The first kappa shape index (κ1) is 15.4. The molecule has 1 aliphatic heterocycles. The molecular formula is C20H25N3O. The number of benzene rings is 1. The quantitative estimate of drug-likeness (QED) is 0.868. The van der Waals surface area contributed by atoms with E-state index in [0.717, 1.165) is 56.6 Å². The molecule has 0 bridgehead atoms. The van der Waals surface area contributed by atoms with Crippen LogP contribution in [0, 0.1) is 0 Å². The lowest BCUT2D eigenvalue weighted by atomic mass is 10.0. The summed E-state index contributed by atoms with van der Waals surface area (Å²) in [6.45, 7) is 3.79. The molecule has 1 aliphatic carbocycles. The Labute approximate surface area is 143 Å². The third kappa shape index (κ3) is 2.74. The summed E-state index contributed by atoms with van der Waals surface area (Å²) in [5.74, 6) is 1.30. The minimum absolute atomic E-state index is 0.188. The molecule has 1 unspecified atom stereocenters. The van der Waals surface area contributed by atoms with Gasteiger partial charge in [0.05, 0.1) is 6.04 Å². The molecule has 1 aromatic heterocycles. The van der Waals surface area contributed by atoms with Gasteiger partial charge in [0.25, 0.3) is 5.91 Å². The van der Waals surface area contributed by atoms with Gasteiger partial charge in [-0.25, -0.2) is 4.98 Å². The maximum Gasteiger partial charge on any atom is 0.253 e. The number of aromatic nitrogens is 2. The number of rotatable bonds is 3. The average molecular weight is 323 g/mol.